The van der Waals surface area contributed by atoms with Crippen molar-refractivity contribution in [3.63, 3.8) is 0 Å². The Morgan fingerprint density at radius 2 is 1.65 bits per heavy atom. The molecule has 0 fully saturated rings. The summed E-state index contributed by atoms with van der Waals surface area (Å²) in [4.78, 5) is 0. The van der Waals surface area contributed by atoms with Gasteiger partial charge in [0.15, 0.2) is 0 Å². The molecule has 2 rings (SSSR count). The van der Waals surface area contributed by atoms with E-state index in [1.54, 1.807) is 0 Å². The van der Waals surface area contributed by atoms with Gasteiger partial charge < -0.3 is 11.1 Å². The smallest absolute Gasteiger partial charge is 0.0620 e. The lowest BCUT2D eigenvalue weighted by molar-refractivity contribution is 0.734. The average molecular weight is 268 g/mol. The minimum atomic E-state index is 0.607. The first kappa shape index (κ1) is 14.4. The number of rotatable bonds is 4. The van der Waals surface area contributed by atoms with Crippen LogP contribution in [-0.2, 0) is 0 Å². The second-order valence-electron chi connectivity index (χ2n) is 5.58. The van der Waals surface area contributed by atoms with E-state index < -0.39 is 0 Å². The van der Waals surface area contributed by atoms with Crippen LogP contribution in [0.3, 0.4) is 0 Å². The maximum Gasteiger partial charge on any atom is 0.0620 e. The highest BCUT2D eigenvalue weighted by atomic mass is 14.9. The van der Waals surface area contributed by atoms with Crippen molar-refractivity contribution in [2.75, 3.05) is 11.1 Å². The maximum absolute atomic E-state index is 6.08. The van der Waals surface area contributed by atoms with Crippen LogP contribution in [0.2, 0.25) is 0 Å². The predicted octanol–water partition coefficient (Wildman–Crippen LogP) is 5.14. The molecule has 1 unspecified atom stereocenters. The van der Waals surface area contributed by atoms with Crippen molar-refractivity contribution in [3.8, 4) is 0 Å². The fourth-order valence-corrected chi connectivity index (χ4v) is 2.23. The summed E-state index contributed by atoms with van der Waals surface area (Å²) in [5, 5.41) is 3.40. The minimum absolute atomic E-state index is 0.607. The van der Waals surface area contributed by atoms with Crippen LogP contribution < -0.4 is 11.1 Å². The van der Waals surface area contributed by atoms with Gasteiger partial charge in [-0.1, -0.05) is 26.0 Å². The molecule has 2 heteroatoms. The Kier molecular flexibility index (Phi) is 4.33. The average Bonchev–Trinajstić information content (AvgIpc) is 2.44. The Morgan fingerprint density at radius 3 is 2.25 bits per heavy atom. The van der Waals surface area contributed by atoms with Crippen molar-refractivity contribution >= 4 is 17.1 Å². The van der Waals surface area contributed by atoms with E-state index in [0.29, 0.717) is 5.92 Å². The largest absolute Gasteiger partial charge is 0.397 e. The number of hydrogen-bond acceptors (Lipinski definition) is 2. The van der Waals surface area contributed by atoms with E-state index in [4.69, 9.17) is 5.73 Å². The van der Waals surface area contributed by atoms with Crippen molar-refractivity contribution in [2.24, 2.45) is 0 Å². The van der Waals surface area contributed by atoms with Crippen molar-refractivity contribution in [1.82, 2.24) is 0 Å². The molecule has 2 aromatic carbocycles. The van der Waals surface area contributed by atoms with E-state index in [1.165, 1.54) is 16.7 Å². The topological polar surface area (TPSA) is 38.0 Å². The third-order valence-corrected chi connectivity index (χ3v) is 4.04. The summed E-state index contributed by atoms with van der Waals surface area (Å²) in [5.74, 6) is 0.607. The lowest BCUT2D eigenvalue weighted by Crippen LogP contribution is -1.99. The van der Waals surface area contributed by atoms with Gasteiger partial charge in [0, 0.05) is 5.69 Å². The van der Waals surface area contributed by atoms with Gasteiger partial charge in [-0.05, 0) is 67.1 Å². The lowest BCUT2D eigenvalue weighted by Gasteiger charge is -2.14. The van der Waals surface area contributed by atoms with E-state index in [2.05, 4.69) is 63.3 Å². The second-order valence-corrected chi connectivity index (χ2v) is 5.58. The maximum atomic E-state index is 6.08. The van der Waals surface area contributed by atoms with Crippen molar-refractivity contribution in [1.29, 1.82) is 0 Å². The Morgan fingerprint density at radius 1 is 1.05 bits per heavy atom. The molecule has 0 aliphatic rings. The summed E-state index contributed by atoms with van der Waals surface area (Å²) in [7, 11) is 0. The molecule has 1 atom stereocenters. The van der Waals surface area contributed by atoms with Crippen LogP contribution in [0, 0.1) is 13.8 Å². The predicted molar refractivity (Wildman–Crippen MR) is 88.8 cm³/mol. The molecule has 0 saturated heterocycles. The first-order valence-electron chi connectivity index (χ1n) is 7.25. The molecule has 2 nitrogen and oxygen atoms in total. The van der Waals surface area contributed by atoms with Crippen LogP contribution in [0.15, 0.2) is 36.4 Å². The van der Waals surface area contributed by atoms with Crippen LogP contribution in [-0.4, -0.2) is 0 Å². The third kappa shape index (κ3) is 3.13. The van der Waals surface area contributed by atoms with Gasteiger partial charge >= 0.3 is 0 Å². The molecule has 0 heterocycles. The van der Waals surface area contributed by atoms with Gasteiger partial charge in [0.05, 0.1) is 11.4 Å². The number of benzene rings is 2. The summed E-state index contributed by atoms with van der Waals surface area (Å²) < 4.78 is 0. The number of aryl methyl sites for hydroxylation is 2. The van der Waals surface area contributed by atoms with Crippen molar-refractivity contribution in [3.05, 3.63) is 53.1 Å². The van der Waals surface area contributed by atoms with Crippen molar-refractivity contribution < 1.29 is 0 Å². The second kappa shape index (κ2) is 6.00. The Balaban J connectivity index is 2.20. The molecular formula is C18H24N2. The van der Waals surface area contributed by atoms with Gasteiger partial charge in [-0.2, -0.15) is 0 Å². The van der Waals surface area contributed by atoms with Crippen LogP contribution in [0.25, 0.3) is 0 Å². The van der Waals surface area contributed by atoms with Gasteiger partial charge in [0.2, 0.25) is 0 Å². The molecule has 0 aromatic heterocycles. The monoisotopic (exact) mass is 268 g/mol. The molecule has 0 spiro atoms. The number of nitrogen functional groups attached to an aromatic ring is 1. The molecule has 0 amide bonds. The van der Waals surface area contributed by atoms with E-state index in [1.807, 2.05) is 6.07 Å². The molecule has 0 aliphatic heterocycles. The fraction of sp³-hybridized carbons (Fsp3) is 0.333. The standard InChI is InChI=1S/C18H24N2/c1-5-12(2)15-6-8-16(9-7-15)20-18-11-14(4)13(3)10-17(18)19/h6-12,20H,5,19H2,1-4H3. The summed E-state index contributed by atoms with van der Waals surface area (Å²) in [6.45, 7) is 8.65. The van der Waals surface area contributed by atoms with E-state index in [-0.39, 0.29) is 0 Å². The number of nitrogens with two attached hydrogens (primary N) is 1. The number of anilines is 3. The molecule has 2 aromatic rings. The van der Waals surface area contributed by atoms with Crippen LogP contribution in [0.4, 0.5) is 17.1 Å². The molecule has 3 N–H and O–H groups in total. The summed E-state index contributed by atoms with van der Waals surface area (Å²) >= 11 is 0. The molecule has 20 heavy (non-hydrogen) atoms. The third-order valence-electron chi connectivity index (χ3n) is 4.04. The Bertz CT molecular complexity index is 585. The van der Waals surface area contributed by atoms with Crippen LogP contribution in [0.5, 0.6) is 0 Å². The fourth-order valence-electron chi connectivity index (χ4n) is 2.23. The molecule has 0 bridgehead atoms. The minimum Gasteiger partial charge on any atom is -0.397 e. The lowest BCUT2D eigenvalue weighted by atomic mass is 9.98. The molecular weight excluding hydrogens is 244 g/mol. The highest BCUT2D eigenvalue weighted by Gasteiger charge is 2.05. The SMILES string of the molecule is CCC(C)c1ccc(Nc2cc(C)c(C)cc2N)cc1. The quantitative estimate of drug-likeness (QED) is 0.753. The number of nitrogens with one attached hydrogen (secondary N) is 1. The normalized spacial score (nSPS) is 12.2. The van der Waals surface area contributed by atoms with E-state index in [9.17, 15) is 0 Å². The molecule has 0 saturated carbocycles. The van der Waals surface area contributed by atoms with E-state index in [0.717, 1.165) is 23.5 Å². The molecule has 0 aliphatic carbocycles. The molecule has 106 valence electrons. The summed E-state index contributed by atoms with van der Waals surface area (Å²) in [6.07, 6.45) is 1.16. The first-order chi connectivity index (χ1) is 9.51. The zero-order valence-electron chi connectivity index (χ0n) is 12.8. The van der Waals surface area contributed by atoms with Gasteiger partial charge in [0.1, 0.15) is 0 Å². The first-order valence-corrected chi connectivity index (χ1v) is 7.25. The molecule has 0 radical (unpaired) electrons. The zero-order valence-corrected chi connectivity index (χ0v) is 12.8. The zero-order chi connectivity index (χ0) is 14.7. The summed E-state index contributed by atoms with van der Waals surface area (Å²) in [5.41, 5.74) is 12.8. The highest BCUT2D eigenvalue weighted by Crippen LogP contribution is 2.27. The van der Waals surface area contributed by atoms with E-state index >= 15 is 0 Å². The van der Waals surface area contributed by atoms with Gasteiger partial charge in [0.25, 0.3) is 0 Å². The summed E-state index contributed by atoms with van der Waals surface area (Å²) in [6, 6.07) is 12.7. The van der Waals surface area contributed by atoms with Gasteiger partial charge in [-0.3, -0.25) is 0 Å². The number of hydrogen-bond donors (Lipinski definition) is 2. The van der Waals surface area contributed by atoms with Crippen LogP contribution >= 0.6 is 0 Å². The Hall–Kier alpha value is -1.96. The van der Waals surface area contributed by atoms with Crippen molar-refractivity contribution in [2.45, 2.75) is 40.0 Å². The van der Waals surface area contributed by atoms with Gasteiger partial charge in [-0.25, -0.2) is 0 Å². The Labute approximate surface area is 122 Å². The highest BCUT2D eigenvalue weighted by molar-refractivity contribution is 5.74. The van der Waals surface area contributed by atoms with Crippen LogP contribution in [0.1, 0.15) is 42.9 Å². The van der Waals surface area contributed by atoms with Gasteiger partial charge in [-0.15, -0.1) is 0 Å².